The van der Waals surface area contributed by atoms with E-state index < -0.39 is 5.60 Å². The number of rotatable bonds is 4. The fraction of sp³-hybridized carbons (Fsp3) is 0.556. The fourth-order valence-electron chi connectivity index (χ4n) is 2.51. The van der Waals surface area contributed by atoms with Crippen molar-refractivity contribution in [2.75, 3.05) is 39.3 Å². The highest BCUT2D eigenvalue weighted by Gasteiger charge is 2.25. The van der Waals surface area contributed by atoms with Gasteiger partial charge in [0.1, 0.15) is 5.60 Å². The molecule has 1 aromatic rings. The second kappa shape index (κ2) is 8.54. The summed E-state index contributed by atoms with van der Waals surface area (Å²) in [6.07, 6.45) is -0.261. The fourth-order valence-corrected chi connectivity index (χ4v) is 2.64. The number of hydrogen-bond acceptors (Lipinski definition) is 4. The van der Waals surface area contributed by atoms with Crippen LogP contribution in [0, 0.1) is 0 Å². The van der Waals surface area contributed by atoms with Crippen molar-refractivity contribution in [3.63, 3.8) is 0 Å². The number of carbonyl (C=O) groups excluding carboxylic acids is 2. The number of amides is 2. The third-order valence-corrected chi connectivity index (χ3v) is 4.10. The van der Waals surface area contributed by atoms with E-state index in [1.165, 1.54) is 0 Å². The third-order valence-electron chi connectivity index (χ3n) is 3.84. The largest absolute Gasteiger partial charge is 0.444 e. The Morgan fingerprint density at radius 1 is 1.12 bits per heavy atom. The quantitative estimate of drug-likeness (QED) is 0.888. The van der Waals surface area contributed by atoms with Gasteiger partial charge >= 0.3 is 6.09 Å². The van der Waals surface area contributed by atoms with E-state index in [-0.39, 0.29) is 12.0 Å². The van der Waals surface area contributed by atoms with Crippen molar-refractivity contribution in [3.8, 4) is 0 Å². The maximum atomic E-state index is 12.0. The lowest BCUT2D eigenvalue weighted by Gasteiger charge is -2.35. The van der Waals surface area contributed by atoms with Gasteiger partial charge in [-0.1, -0.05) is 11.6 Å². The van der Waals surface area contributed by atoms with Crippen molar-refractivity contribution < 1.29 is 14.3 Å². The van der Waals surface area contributed by atoms with Crippen molar-refractivity contribution in [1.29, 1.82) is 0 Å². The lowest BCUT2D eigenvalue weighted by molar-refractivity contribution is 0.0147. The Hall–Kier alpha value is -1.79. The monoisotopic (exact) mass is 367 g/mol. The molecule has 0 aromatic heterocycles. The molecule has 1 saturated heterocycles. The molecule has 6 nitrogen and oxygen atoms in total. The Balaban J connectivity index is 1.68. The van der Waals surface area contributed by atoms with E-state index in [4.69, 9.17) is 16.3 Å². The normalized spacial score (nSPS) is 15.8. The van der Waals surface area contributed by atoms with Crippen LogP contribution < -0.4 is 5.32 Å². The molecule has 0 atom stereocenters. The van der Waals surface area contributed by atoms with Crippen LogP contribution in [0.5, 0.6) is 0 Å². The summed E-state index contributed by atoms with van der Waals surface area (Å²) in [5.41, 5.74) is 0.124. The van der Waals surface area contributed by atoms with Crippen molar-refractivity contribution in [1.82, 2.24) is 15.1 Å². The van der Waals surface area contributed by atoms with E-state index >= 15 is 0 Å². The molecule has 1 aliphatic heterocycles. The van der Waals surface area contributed by atoms with E-state index in [0.29, 0.717) is 30.2 Å². The molecule has 1 aliphatic rings. The SMILES string of the molecule is CC(C)(C)OC(=O)N1CCN(CCNC(=O)c2ccc(Cl)cc2)CC1. The topological polar surface area (TPSA) is 61.9 Å². The zero-order chi connectivity index (χ0) is 18.4. The summed E-state index contributed by atoms with van der Waals surface area (Å²) in [7, 11) is 0. The van der Waals surface area contributed by atoms with E-state index in [0.717, 1.165) is 19.6 Å². The molecule has 1 N–H and O–H groups in total. The van der Waals surface area contributed by atoms with Crippen molar-refractivity contribution in [2.24, 2.45) is 0 Å². The second-order valence-corrected chi connectivity index (χ2v) is 7.51. The molecule has 2 amide bonds. The first-order valence-corrected chi connectivity index (χ1v) is 8.86. The van der Waals surface area contributed by atoms with Crippen molar-refractivity contribution in [3.05, 3.63) is 34.9 Å². The Bertz CT molecular complexity index is 591. The second-order valence-electron chi connectivity index (χ2n) is 7.07. The van der Waals surface area contributed by atoms with Gasteiger partial charge in [-0.3, -0.25) is 9.69 Å². The molecule has 1 aromatic carbocycles. The highest BCUT2D eigenvalue weighted by molar-refractivity contribution is 6.30. The minimum atomic E-state index is -0.472. The van der Waals surface area contributed by atoms with Gasteiger partial charge in [0.05, 0.1) is 0 Å². The van der Waals surface area contributed by atoms with Crippen LogP contribution in [0.2, 0.25) is 5.02 Å². The zero-order valence-electron chi connectivity index (χ0n) is 15.0. The number of hydrogen-bond donors (Lipinski definition) is 1. The van der Waals surface area contributed by atoms with Crippen LogP contribution in [0.4, 0.5) is 4.79 Å². The molecule has 0 aliphatic carbocycles. The molecular weight excluding hydrogens is 342 g/mol. The van der Waals surface area contributed by atoms with Gasteiger partial charge in [-0.2, -0.15) is 0 Å². The predicted octanol–water partition coefficient (Wildman–Crippen LogP) is 2.62. The molecule has 0 saturated carbocycles. The Morgan fingerprint density at radius 3 is 2.28 bits per heavy atom. The summed E-state index contributed by atoms with van der Waals surface area (Å²) >= 11 is 5.82. The number of halogens is 1. The smallest absolute Gasteiger partial charge is 0.410 e. The number of ether oxygens (including phenoxy) is 1. The average molecular weight is 368 g/mol. The van der Waals surface area contributed by atoms with Gasteiger partial charge < -0.3 is 15.0 Å². The molecule has 1 heterocycles. The highest BCUT2D eigenvalue weighted by atomic mass is 35.5. The van der Waals surface area contributed by atoms with Crippen LogP contribution >= 0.6 is 11.6 Å². The van der Waals surface area contributed by atoms with Crippen LogP contribution in [0.1, 0.15) is 31.1 Å². The standard InChI is InChI=1S/C18H26ClN3O3/c1-18(2,3)25-17(24)22-12-10-21(11-13-22)9-8-20-16(23)14-4-6-15(19)7-5-14/h4-7H,8-13H2,1-3H3,(H,20,23). The Labute approximate surface area is 154 Å². The summed E-state index contributed by atoms with van der Waals surface area (Å²) < 4.78 is 5.38. The average Bonchev–Trinajstić information content (AvgIpc) is 2.54. The molecular formula is C18H26ClN3O3. The van der Waals surface area contributed by atoms with E-state index in [2.05, 4.69) is 10.2 Å². The van der Waals surface area contributed by atoms with Crippen molar-refractivity contribution in [2.45, 2.75) is 26.4 Å². The number of nitrogens with zero attached hydrogens (tertiary/aromatic N) is 2. The number of carbonyl (C=O) groups is 2. The number of piperazine rings is 1. The van der Waals surface area contributed by atoms with Gasteiger partial charge in [0, 0.05) is 49.9 Å². The minimum Gasteiger partial charge on any atom is -0.444 e. The maximum Gasteiger partial charge on any atom is 0.410 e. The molecule has 0 bridgehead atoms. The summed E-state index contributed by atoms with van der Waals surface area (Å²) in [4.78, 5) is 28.0. The van der Waals surface area contributed by atoms with Gasteiger partial charge in [0.25, 0.3) is 5.91 Å². The lowest BCUT2D eigenvalue weighted by Crippen LogP contribution is -2.51. The van der Waals surface area contributed by atoms with Gasteiger partial charge in [-0.05, 0) is 45.0 Å². The minimum absolute atomic E-state index is 0.107. The van der Waals surface area contributed by atoms with Gasteiger partial charge in [0.15, 0.2) is 0 Å². The van der Waals surface area contributed by atoms with Crippen LogP contribution in [-0.2, 0) is 4.74 Å². The third kappa shape index (κ3) is 6.55. The predicted molar refractivity (Wildman–Crippen MR) is 98.0 cm³/mol. The van der Waals surface area contributed by atoms with Gasteiger partial charge in [0.2, 0.25) is 0 Å². The van der Waals surface area contributed by atoms with Crippen LogP contribution in [0.25, 0.3) is 0 Å². The number of nitrogens with one attached hydrogen (secondary N) is 1. The molecule has 7 heteroatoms. The Morgan fingerprint density at radius 2 is 1.72 bits per heavy atom. The van der Waals surface area contributed by atoms with Crippen LogP contribution in [0.15, 0.2) is 24.3 Å². The molecule has 25 heavy (non-hydrogen) atoms. The van der Waals surface area contributed by atoms with E-state index in [1.54, 1.807) is 29.2 Å². The maximum absolute atomic E-state index is 12.0. The first-order chi connectivity index (χ1) is 11.7. The van der Waals surface area contributed by atoms with Crippen LogP contribution in [0.3, 0.4) is 0 Å². The highest BCUT2D eigenvalue weighted by Crippen LogP contribution is 2.12. The molecule has 2 rings (SSSR count). The van der Waals surface area contributed by atoms with E-state index in [9.17, 15) is 9.59 Å². The molecule has 138 valence electrons. The van der Waals surface area contributed by atoms with Crippen LogP contribution in [-0.4, -0.2) is 66.7 Å². The molecule has 0 spiro atoms. The molecule has 1 fully saturated rings. The van der Waals surface area contributed by atoms with Gasteiger partial charge in [-0.15, -0.1) is 0 Å². The van der Waals surface area contributed by atoms with Gasteiger partial charge in [-0.25, -0.2) is 4.79 Å². The first-order valence-electron chi connectivity index (χ1n) is 8.49. The summed E-state index contributed by atoms with van der Waals surface area (Å²) in [6, 6.07) is 6.81. The first kappa shape index (κ1) is 19.5. The molecule has 0 radical (unpaired) electrons. The number of benzene rings is 1. The summed E-state index contributed by atoms with van der Waals surface area (Å²) in [6.45, 7) is 9.74. The molecule has 0 unspecified atom stereocenters. The Kier molecular flexibility index (Phi) is 6.67. The zero-order valence-corrected chi connectivity index (χ0v) is 15.8. The summed E-state index contributed by atoms with van der Waals surface area (Å²) in [5.74, 6) is -0.107. The lowest BCUT2D eigenvalue weighted by atomic mass is 10.2. The summed E-state index contributed by atoms with van der Waals surface area (Å²) in [5, 5.41) is 3.51. The van der Waals surface area contributed by atoms with E-state index in [1.807, 2.05) is 20.8 Å². The van der Waals surface area contributed by atoms with Crippen molar-refractivity contribution >= 4 is 23.6 Å².